The first-order chi connectivity index (χ1) is 12.6. The number of nitrogens with one attached hydrogen (secondary N) is 1. The molecule has 0 bridgehead atoms. The lowest BCUT2D eigenvalue weighted by molar-refractivity contribution is -0.169. The highest BCUT2D eigenvalue weighted by atomic mass is 16.7. The van der Waals surface area contributed by atoms with Crippen LogP contribution in [0.1, 0.15) is 42.0 Å². The fraction of sp³-hybridized carbons (Fsp3) is 0.722. The molecule has 3 aliphatic rings. The number of hydrogen-bond acceptors (Lipinski definition) is 7. The Bertz CT molecular complexity index is 647. The summed E-state index contributed by atoms with van der Waals surface area (Å²) in [6.07, 6.45) is 3.77. The molecule has 1 aromatic rings. The zero-order chi connectivity index (χ0) is 18.0. The van der Waals surface area contributed by atoms with Crippen molar-refractivity contribution in [1.82, 2.24) is 15.3 Å². The zero-order valence-electron chi connectivity index (χ0n) is 15.2. The highest BCUT2D eigenvalue weighted by Gasteiger charge is 2.40. The molecule has 8 heteroatoms. The Morgan fingerprint density at radius 1 is 1.27 bits per heavy atom. The standard InChI is InChI=1S/C18H26N4O4/c1-13-20-15(17(23)19-12-14-3-2-8-24-14)11-16(21-13)22-6-4-18(5-7-22)25-9-10-26-18/h11,14H,2-10,12H2,1H3,(H,19,23). The summed E-state index contributed by atoms with van der Waals surface area (Å²) in [5.41, 5.74) is 0.402. The van der Waals surface area contributed by atoms with Gasteiger partial charge in [0.1, 0.15) is 17.3 Å². The van der Waals surface area contributed by atoms with Crippen LogP contribution >= 0.6 is 0 Å². The smallest absolute Gasteiger partial charge is 0.270 e. The van der Waals surface area contributed by atoms with Crippen molar-refractivity contribution < 1.29 is 19.0 Å². The molecule has 26 heavy (non-hydrogen) atoms. The van der Waals surface area contributed by atoms with Gasteiger partial charge in [-0.15, -0.1) is 0 Å². The summed E-state index contributed by atoms with van der Waals surface area (Å²) < 4.78 is 17.1. The van der Waals surface area contributed by atoms with Gasteiger partial charge in [0.05, 0.1) is 19.3 Å². The Balaban J connectivity index is 1.40. The number of amides is 1. The van der Waals surface area contributed by atoms with Crippen LogP contribution in [0.4, 0.5) is 5.82 Å². The first-order valence-electron chi connectivity index (χ1n) is 9.42. The minimum absolute atomic E-state index is 0.117. The molecule has 4 heterocycles. The summed E-state index contributed by atoms with van der Waals surface area (Å²) in [6, 6.07) is 1.77. The third-order valence-electron chi connectivity index (χ3n) is 5.23. The van der Waals surface area contributed by atoms with Crippen molar-refractivity contribution >= 4 is 11.7 Å². The lowest BCUT2D eigenvalue weighted by Gasteiger charge is -2.38. The Kier molecular flexibility index (Phi) is 5.06. The quantitative estimate of drug-likeness (QED) is 0.856. The number of piperidine rings is 1. The molecule has 0 aliphatic carbocycles. The number of rotatable bonds is 4. The molecule has 0 radical (unpaired) electrons. The number of carbonyl (C=O) groups excluding carboxylic acids is 1. The highest BCUT2D eigenvalue weighted by Crippen LogP contribution is 2.32. The first kappa shape index (κ1) is 17.6. The molecule has 1 N–H and O–H groups in total. The van der Waals surface area contributed by atoms with E-state index in [0.717, 1.165) is 51.2 Å². The van der Waals surface area contributed by atoms with Gasteiger partial charge < -0.3 is 24.4 Å². The molecule has 1 atom stereocenters. The normalized spacial score (nSPS) is 25.0. The molecular weight excluding hydrogens is 336 g/mol. The van der Waals surface area contributed by atoms with E-state index < -0.39 is 5.79 Å². The monoisotopic (exact) mass is 362 g/mol. The number of carbonyl (C=O) groups is 1. The van der Waals surface area contributed by atoms with Crippen LogP contribution in [0.15, 0.2) is 6.07 Å². The van der Waals surface area contributed by atoms with Crippen LogP contribution < -0.4 is 10.2 Å². The van der Waals surface area contributed by atoms with Gasteiger partial charge in [0.15, 0.2) is 5.79 Å². The van der Waals surface area contributed by atoms with Crippen LogP contribution in [0.25, 0.3) is 0 Å². The number of ether oxygens (including phenoxy) is 3. The van der Waals surface area contributed by atoms with Crippen molar-refractivity contribution in [3.8, 4) is 0 Å². The molecule has 3 aliphatic heterocycles. The fourth-order valence-corrected chi connectivity index (χ4v) is 3.79. The van der Waals surface area contributed by atoms with Crippen LogP contribution in [0.2, 0.25) is 0 Å². The number of nitrogens with zero attached hydrogens (tertiary/aromatic N) is 3. The van der Waals surface area contributed by atoms with Crippen molar-refractivity contribution in [2.24, 2.45) is 0 Å². The second kappa shape index (κ2) is 7.46. The molecule has 142 valence electrons. The van der Waals surface area contributed by atoms with Gasteiger partial charge in [0.25, 0.3) is 5.91 Å². The number of anilines is 1. The van der Waals surface area contributed by atoms with E-state index in [0.29, 0.717) is 31.3 Å². The summed E-state index contributed by atoms with van der Waals surface area (Å²) in [4.78, 5) is 23.5. The maximum atomic E-state index is 12.5. The van der Waals surface area contributed by atoms with E-state index in [-0.39, 0.29) is 12.0 Å². The summed E-state index contributed by atoms with van der Waals surface area (Å²) >= 11 is 0. The summed E-state index contributed by atoms with van der Waals surface area (Å²) in [7, 11) is 0. The minimum atomic E-state index is -0.417. The predicted octanol–water partition coefficient (Wildman–Crippen LogP) is 1.04. The highest BCUT2D eigenvalue weighted by molar-refractivity contribution is 5.93. The Morgan fingerprint density at radius 3 is 2.73 bits per heavy atom. The zero-order valence-corrected chi connectivity index (χ0v) is 15.2. The molecule has 1 aromatic heterocycles. The van der Waals surface area contributed by atoms with Gasteiger partial charge >= 0.3 is 0 Å². The molecule has 0 aromatic carbocycles. The van der Waals surface area contributed by atoms with E-state index in [9.17, 15) is 4.79 Å². The van der Waals surface area contributed by atoms with E-state index in [2.05, 4.69) is 20.2 Å². The average Bonchev–Trinajstić information content (AvgIpc) is 3.32. The third-order valence-corrected chi connectivity index (χ3v) is 5.23. The molecule has 1 amide bonds. The van der Waals surface area contributed by atoms with Gasteiger partial charge in [-0.1, -0.05) is 0 Å². The molecule has 3 fully saturated rings. The van der Waals surface area contributed by atoms with Gasteiger partial charge in [-0.3, -0.25) is 4.79 Å². The fourth-order valence-electron chi connectivity index (χ4n) is 3.79. The third kappa shape index (κ3) is 3.82. The number of aryl methyl sites for hydroxylation is 1. The van der Waals surface area contributed by atoms with E-state index in [1.54, 1.807) is 6.07 Å². The topological polar surface area (TPSA) is 85.8 Å². The Morgan fingerprint density at radius 2 is 2.04 bits per heavy atom. The van der Waals surface area contributed by atoms with Gasteiger partial charge in [0.2, 0.25) is 0 Å². The molecule has 1 unspecified atom stereocenters. The average molecular weight is 362 g/mol. The van der Waals surface area contributed by atoms with Crippen molar-refractivity contribution in [3.63, 3.8) is 0 Å². The van der Waals surface area contributed by atoms with Crippen molar-refractivity contribution in [2.45, 2.75) is 44.5 Å². The molecule has 4 rings (SSSR count). The van der Waals surface area contributed by atoms with Gasteiger partial charge in [-0.25, -0.2) is 9.97 Å². The van der Waals surface area contributed by atoms with E-state index in [1.165, 1.54) is 0 Å². The van der Waals surface area contributed by atoms with Gasteiger partial charge in [0, 0.05) is 45.1 Å². The molecule has 1 spiro atoms. The first-order valence-corrected chi connectivity index (χ1v) is 9.42. The minimum Gasteiger partial charge on any atom is -0.376 e. The number of aromatic nitrogens is 2. The van der Waals surface area contributed by atoms with Crippen LogP contribution in [0.3, 0.4) is 0 Å². The van der Waals surface area contributed by atoms with Crippen LogP contribution in [0, 0.1) is 6.92 Å². The molecule has 0 saturated carbocycles. The second-order valence-corrected chi connectivity index (χ2v) is 7.10. The largest absolute Gasteiger partial charge is 0.376 e. The maximum absolute atomic E-state index is 12.5. The molecule has 8 nitrogen and oxygen atoms in total. The molecule has 3 saturated heterocycles. The van der Waals surface area contributed by atoms with Crippen LogP contribution in [-0.2, 0) is 14.2 Å². The van der Waals surface area contributed by atoms with E-state index in [1.807, 2.05) is 6.92 Å². The van der Waals surface area contributed by atoms with E-state index in [4.69, 9.17) is 14.2 Å². The van der Waals surface area contributed by atoms with Crippen molar-refractivity contribution in [3.05, 3.63) is 17.6 Å². The number of hydrogen-bond donors (Lipinski definition) is 1. The second-order valence-electron chi connectivity index (χ2n) is 7.10. The summed E-state index contributed by atoms with van der Waals surface area (Å²) in [5.74, 6) is 0.786. The predicted molar refractivity (Wildman–Crippen MR) is 94.2 cm³/mol. The molecular formula is C18H26N4O4. The van der Waals surface area contributed by atoms with Crippen LogP contribution in [-0.4, -0.2) is 67.2 Å². The van der Waals surface area contributed by atoms with Crippen molar-refractivity contribution in [1.29, 1.82) is 0 Å². The lowest BCUT2D eigenvalue weighted by atomic mass is 10.0. The SMILES string of the molecule is Cc1nc(C(=O)NCC2CCCO2)cc(N2CCC3(CC2)OCCO3)n1. The lowest BCUT2D eigenvalue weighted by Crippen LogP contribution is -2.45. The van der Waals surface area contributed by atoms with Crippen LogP contribution in [0.5, 0.6) is 0 Å². The summed E-state index contributed by atoms with van der Waals surface area (Å²) in [5, 5.41) is 2.93. The van der Waals surface area contributed by atoms with Crippen molar-refractivity contribution in [2.75, 3.05) is 44.4 Å². The summed E-state index contributed by atoms with van der Waals surface area (Å²) in [6.45, 7) is 6.03. The maximum Gasteiger partial charge on any atom is 0.270 e. The van der Waals surface area contributed by atoms with Gasteiger partial charge in [-0.05, 0) is 19.8 Å². The van der Waals surface area contributed by atoms with E-state index >= 15 is 0 Å². The van der Waals surface area contributed by atoms with Gasteiger partial charge in [-0.2, -0.15) is 0 Å². The Labute approximate surface area is 153 Å². The Hall–Kier alpha value is -1.77.